The van der Waals surface area contributed by atoms with Gasteiger partial charge in [0, 0.05) is 31.3 Å². The fraction of sp³-hybridized carbons (Fsp3) is 0.400. The first-order chi connectivity index (χ1) is 14.1. The van der Waals surface area contributed by atoms with Crippen LogP contribution >= 0.6 is 12.4 Å². The molecule has 7 nitrogen and oxygen atoms in total. The van der Waals surface area contributed by atoms with Crippen molar-refractivity contribution < 1.29 is 27.8 Å². The van der Waals surface area contributed by atoms with Gasteiger partial charge < -0.3 is 25.4 Å². The largest absolute Gasteiger partial charge is 0.439 e. The van der Waals surface area contributed by atoms with E-state index in [9.17, 15) is 23.1 Å². The van der Waals surface area contributed by atoms with Crippen molar-refractivity contribution in [1.82, 2.24) is 14.8 Å². The number of carbonyl (C=O) groups excluding carboxylic acids is 1. The van der Waals surface area contributed by atoms with Gasteiger partial charge in [0.25, 0.3) is 5.91 Å². The molecular formula is C20H24ClF3N4O3. The van der Waals surface area contributed by atoms with Gasteiger partial charge in [0.2, 0.25) is 5.88 Å². The number of ether oxygens (including phenoxy) is 1. The SMILES string of the molecule is CN(C)[C@@H]1CN(C(=O)c2cccc(Oc3cc(CN)cc(C(F)(F)F)n3)c2)C[C@H]1O.Cl. The molecular weight excluding hydrogens is 437 g/mol. The lowest BCUT2D eigenvalue weighted by Gasteiger charge is -2.21. The van der Waals surface area contributed by atoms with Crippen LogP contribution in [0.25, 0.3) is 0 Å². The van der Waals surface area contributed by atoms with Gasteiger partial charge in [-0.25, -0.2) is 4.98 Å². The molecule has 0 bridgehead atoms. The Labute approximate surface area is 184 Å². The molecule has 31 heavy (non-hydrogen) atoms. The molecule has 2 aromatic rings. The molecule has 2 heterocycles. The van der Waals surface area contributed by atoms with Crippen molar-refractivity contribution in [2.45, 2.75) is 24.9 Å². The maximum absolute atomic E-state index is 13.1. The molecule has 1 aliphatic rings. The number of alkyl halides is 3. The molecule has 0 unspecified atom stereocenters. The van der Waals surface area contributed by atoms with Crippen molar-refractivity contribution in [3.8, 4) is 11.6 Å². The number of likely N-dealkylation sites (N-methyl/N-ethyl adjacent to an activating group) is 1. The molecule has 0 spiro atoms. The maximum atomic E-state index is 13.1. The molecule has 1 aromatic carbocycles. The third kappa shape index (κ3) is 5.85. The zero-order valence-electron chi connectivity index (χ0n) is 17.0. The number of aliphatic hydroxyl groups excluding tert-OH is 1. The van der Waals surface area contributed by atoms with Crippen LogP contribution < -0.4 is 10.5 Å². The van der Waals surface area contributed by atoms with Crippen LogP contribution in [0.15, 0.2) is 36.4 Å². The summed E-state index contributed by atoms with van der Waals surface area (Å²) in [6.45, 7) is 0.458. The number of rotatable bonds is 5. The first-order valence-electron chi connectivity index (χ1n) is 9.28. The van der Waals surface area contributed by atoms with Crippen LogP contribution in [-0.2, 0) is 12.7 Å². The van der Waals surface area contributed by atoms with Crippen molar-refractivity contribution in [3.63, 3.8) is 0 Å². The fourth-order valence-corrected chi connectivity index (χ4v) is 3.31. The normalized spacial score (nSPS) is 18.8. The van der Waals surface area contributed by atoms with Gasteiger partial charge in [-0.2, -0.15) is 13.2 Å². The molecule has 170 valence electrons. The minimum atomic E-state index is -4.64. The van der Waals surface area contributed by atoms with Gasteiger partial charge in [0.1, 0.15) is 11.4 Å². The topological polar surface area (TPSA) is 91.9 Å². The predicted molar refractivity (Wildman–Crippen MR) is 110 cm³/mol. The van der Waals surface area contributed by atoms with Gasteiger partial charge in [0.05, 0.1) is 12.1 Å². The number of halogens is 4. The Balaban J connectivity index is 0.00000341. The number of hydrogen-bond acceptors (Lipinski definition) is 6. The molecule has 0 saturated carbocycles. The molecule has 1 fully saturated rings. The standard InChI is InChI=1S/C20H23F3N4O3.ClH/c1-26(2)15-10-27(11-16(15)28)19(29)13-4-3-5-14(8-13)30-18-7-12(9-24)6-17(25-18)20(21,22)23;/h3-8,15-16,28H,9-11,24H2,1-2H3;1H/t15-,16-;/m1./s1. The van der Waals surface area contributed by atoms with E-state index in [4.69, 9.17) is 10.5 Å². The van der Waals surface area contributed by atoms with Crippen LogP contribution in [0.3, 0.4) is 0 Å². The number of β-amino-alcohol motifs (C(OH)–C–C–N with tert-alkyl or cyclic N) is 1. The summed E-state index contributed by atoms with van der Waals surface area (Å²) >= 11 is 0. The number of hydrogen-bond donors (Lipinski definition) is 2. The molecule has 1 saturated heterocycles. The van der Waals surface area contributed by atoms with Gasteiger partial charge in [0.15, 0.2) is 0 Å². The highest BCUT2D eigenvalue weighted by Crippen LogP contribution is 2.31. The zero-order chi connectivity index (χ0) is 22.1. The molecule has 3 N–H and O–H groups in total. The first kappa shape index (κ1) is 24.9. The van der Waals surface area contributed by atoms with Crippen molar-refractivity contribution in [3.05, 3.63) is 53.2 Å². The Kier molecular flexibility index (Phi) is 7.87. The summed E-state index contributed by atoms with van der Waals surface area (Å²) in [5.41, 5.74) is 4.89. The summed E-state index contributed by atoms with van der Waals surface area (Å²) in [4.78, 5) is 19.7. The van der Waals surface area contributed by atoms with Crippen molar-refractivity contribution >= 4 is 18.3 Å². The van der Waals surface area contributed by atoms with Crippen LogP contribution in [0.5, 0.6) is 11.6 Å². The second-order valence-electron chi connectivity index (χ2n) is 7.34. The average Bonchev–Trinajstić information content (AvgIpc) is 3.08. The van der Waals surface area contributed by atoms with E-state index in [1.54, 1.807) is 12.1 Å². The molecule has 0 aliphatic carbocycles. The Hall–Kier alpha value is -2.40. The van der Waals surface area contributed by atoms with E-state index in [1.165, 1.54) is 23.1 Å². The van der Waals surface area contributed by atoms with E-state index in [1.807, 2.05) is 19.0 Å². The van der Waals surface area contributed by atoms with E-state index in [0.29, 0.717) is 12.1 Å². The number of nitrogens with two attached hydrogens (primary N) is 1. The van der Waals surface area contributed by atoms with Crippen LogP contribution in [0.1, 0.15) is 21.6 Å². The number of pyridine rings is 1. The van der Waals surface area contributed by atoms with Crippen molar-refractivity contribution in [2.24, 2.45) is 5.73 Å². The summed E-state index contributed by atoms with van der Waals surface area (Å²) in [7, 11) is 3.65. The van der Waals surface area contributed by atoms with Crippen molar-refractivity contribution in [1.29, 1.82) is 0 Å². The minimum absolute atomic E-state index is 0. The fourth-order valence-electron chi connectivity index (χ4n) is 3.31. The summed E-state index contributed by atoms with van der Waals surface area (Å²) in [5, 5.41) is 10.1. The number of aliphatic hydroxyl groups is 1. The van der Waals surface area contributed by atoms with E-state index >= 15 is 0 Å². The molecule has 1 aromatic heterocycles. The Morgan fingerprint density at radius 1 is 1.29 bits per heavy atom. The van der Waals surface area contributed by atoms with E-state index < -0.39 is 18.0 Å². The van der Waals surface area contributed by atoms with Gasteiger partial charge in [-0.1, -0.05) is 6.07 Å². The van der Waals surface area contributed by atoms with E-state index in [-0.39, 0.29) is 54.6 Å². The Bertz CT molecular complexity index is 927. The van der Waals surface area contributed by atoms with Crippen LogP contribution in [0.2, 0.25) is 0 Å². The number of nitrogens with zero attached hydrogens (tertiary/aromatic N) is 3. The van der Waals surface area contributed by atoms with Crippen LogP contribution in [-0.4, -0.2) is 65.1 Å². The minimum Gasteiger partial charge on any atom is -0.439 e. The monoisotopic (exact) mass is 460 g/mol. The molecule has 2 atom stereocenters. The van der Waals surface area contributed by atoms with Gasteiger partial charge in [-0.15, -0.1) is 12.4 Å². The molecule has 3 rings (SSSR count). The Morgan fingerprint density at radius 3 is 2.58 bits per heavy atom. The van der Waals surface area contributed by atoms with Gasteiger partial charge >= 0.3 is 6.18 Å². The van der Waals surface area contributed by atoms with Gasteiger partial charge in [-0.05, 0) is 43.9 Å². The van der Waals surface area contributed by atoms with Crippen molar-refractivity contribution in [2.75, 3.05) is 27.2 Å². The van der Waals surface area contributed by atoms with E-state index in [2.05, 4.69) is 4.98 Å². The quantitative estimate of drug-likeness (QED) is 0.712. The summed E-state index contributed by atoms with van der Waals surface area (Å²) < 4.78 is 44.7. The lowest BCUT2D eigenvalue weighted by atomic mass is 10.2. The molecule has 11 heteroatoms. The average molecular weight is 461 g/mol. The maximum Gasteiger partial charge on any atom is 0.433 e. The molecule has 1 amide bonds. The van der Waals surface area contributed by atoms with Crippen LogP contribution in [0, 0.1) is 0 Å². The summed E-state index contributed by atoms with van der Waals surface area (Å²) in [5.74, 6) is -0.401. The lowest BCUT2D eigenvalue weighted by molar-refractivity contribution is -0.141. The zero-order valence-corrected chi connectivity index (χ0v) is 17.8. The Morgan fingerprint density at radius 2 is 2.00 bits per heavy atom. The number of aromatic nitrogens is 1. The first-order valence-corrected chi connectivity index (χ1v) is 9.28. The third-order valence-electron chi connectivity index (χ3n) is 4.90. The third-order valence-corrected chi connectivity index (χ3v) is 4.90. The second-order valence-corrected chi connectivity index (χ2v) is 7.34. The highest BCUT2D eigenvalue weighted by Gasteiger charge is 2.36. The predicted octanol–water partition coefficient (Wildman–Crippen LogP) is 2.52. The smallest absolute Gasteiger partial charge is 0.433 e. The highest BCUT2D eigenvalue weighted by atomic mass is 35.5. The number of likely N-dealkylation sites (tertiary alicyclic amines) is 1. The number of carbonyl (C=O) groups is 1. The number of benzene rings is 1. The molecule has 1 aliphatic heterocycles. The summed E-state index contributed by atoms with van der Waals surface area (Å²) in [6, 6.07) is 8.11. The van der Waals surface area contributed by atoms with Crippen LogP contribution in [0.4, 0.5) is 13.2 Å². The lowest BCUT2D eigenvalue weighted by Crippen LogP contribution is -2.38. The number of amides is 1. The summed E-state index contributed by atoms with van der Waals surface area (Å²) in [6.07, 6.45) is -5.30. The second kappa shape index (κ2) is 9.82. The highest BCUT2D eigenvalue weighted by molar-refractivity contribution is 5.95. The van der Waals surface area contributed by atoms with E-state index in [0.717, 1.165) is 6.07 Å². The molecule has 0 radical (unpaired) electrons. The van der Waals surface area contributed by atoms with Gasteiger partial charge in [-0.3, -0.25) is 4.79 Å².